The van der Waals surface area contributed by atoms with Crippen molar-refractivity contribution in [2.24, 2.45) is 0 Å². The quantitative estimate of drug-likeness (QED) is 0.783. The van der Waals surface area contributed by atoms with Crippen LogP contribution < -0.4 is 9.47 Å². The lowest BCUT2D eigenvalue weighted by Crippen LogP contribution is -1.98. The molecule has 0 heterocycles. The molecule has 0 aliphatic rings. The van der Waals surface area contributed by atoms with E-state index in [0.717, 1.165) is 6.07 Å². The molecular formula is C8H9FO4S. The molecule has 1 aromatic rings. The molecule has 0 aromatic heterocycles. The van der Waals surface area contributed by atoms with Gasteiger partial charge in [0, 0.05) is 6.07 Å². The van der Waals surface area contributed by atoms with E-state index in [1.54, 1.807) is 0 Å². The lowest BCUT2D eigenvalue weighted by Gasteiger charge is -2.08. The van der Waals surface area contributed by atoms with Crippen LogP contribution in [0.2, 0.25) is 0 Å². The predicted molar refractivity (Wildman–Crippen MR) is 48.5 cm³/mol. The van der Waals surface area contributed by atoms with Crippen LogP contribution in [0.3, 0.4) is 0 Å². The van der Waals surface area contributed by atoms with Crippen LogP contribution in [0.1, 0.15) is 0 Å². The van der Waals surface area contributed by atoms with E-state index in [2.05, 4.69) is 4.74 Å². The van der Waals surface area contributed by atoms with Crippen molar-refractivity contribution in [1.29, 1.82) is 0 Å². The molecule has 0 fully saturated rings. The first kappa shape index (κ1) is 10.9. The average molecular weight is 220 g/mol. The fourth-order valence-electron chi connectivity index (χ4n) is 0.969. The second-order valence-corrected chi connectivity index (χ2v) is 3.32. The van der Waals surface area contributed by atoms with Crippen LogP contribution in [0.15, 0.2) is 17.0 Å². The Kier molecular flexibility index (Phi) is 3.43. The number of benzene rings is 1. The van der Waals surface area contributed by atoms with Gasteiger partial charge in [-0.25, -0.2) is 8.60 Å². The molecule has 0 bridgehead atoms. The molecule has 14 heavy (non-hydrogen) atoms. The lowest BCUT2D eigenvalue weighted by molar-refractivity contribution is 0.367. The fourth-order valence-corrected chi connectivity index (χ4v) is 1.49. The number of halogens is 1. The van der Waals surface area contributed by atoms with Crippen LogP contribution in [-0.4, -0.2) is 23.0 Å². The highest BCUT2D eigenvalue weighted by Crippen LogP contribution is 2.29. The summed E-state index contributed by atoms with van der Waals surface area (Å²) in [6.07, 6.45) is 0. The van der Waals surface area contributed by atoms with Gasteiger partial charge >= 0.3 is 0 Å². The van der Waals surface area contributed by atoms with Crippen LogP contribution >= 0.6 is 0 Å². The molecule has 0 amide bonds. The van der Waals surface area contributed by atoms with Gasteiger partial charge in [0.1, 0.15) is 10.6 Å². The maximum Gasteiger partial charge on any atom is 0.190 e. The maximum atomic E-state index is 13.1. The number of rotatable bonds is 3. The monoisotopic (exact) mass is 220 g/mol. The zero-order valence-electron chi connectivity index (χ0n) is 7.61. The van der Waals surface area contributed by atoms with Gasteiger partial charge in [-0.1, -0.05) is 0 Å². The molecule has 0 radical (unpaired) electrons. The van der Waals surface area contributed by atoms with Gasteiger partial charge in [-0.05, 0) is 6.07 Å². The van der Waals surface area contributed by atoms with E-state index in [9.17, 15) is 8.60 Å². The summed E-state index contributed by atoms with van der Waals surface area (Å²) in [4.78, 5) is -0.120. The van der Waals surface area contributed by atoms with E-state index in [1.165, 1.54) is 20.3 Å². The minimum Gasteiger partial charge on any atom is -0.495 e. The molecule has 0 saturated carbocycles. The summed E-state index contributed by atoms with van der Waals surface area (Å²) in [5.74, 6) is -0.620. The van der Waals surface area contributed by atoms with Gasteiger partial charge in [-0.2, -0.15) is 0 Å². The Morgan fingerprint density at radius 3 is 2.29 bits per heavy atom. The molecule has 1 atom stereocenters. The molecule has 1 unspecified atom stereocenters. The molecular weight excluding hydrogens is 211 g/mol. The van der Waals surface area contributed by atoms with Crippen molar-refractivity contribution in [3.05, 3.63) is 17.9 Å². The molecule has 0 saturated heterocycles. The smallest absolute Gasteiger partial charge is 0.190 e. The van der Waals surface area contributed by atoms with E-state index in [-0.39, 0.29) is 16.4 Å². The van der Waals surface area contributed by atoms with E-state index >= 15 is 0 Å². The number of ether oxygens (including phenoxy) is 2. The van der Waals surface area contributed by atoms with Crippen LogP contribution in [0.5, 0.6) is 11.5 Å². The van der Waals surface area contributed by atoms with Gasteiger partial charge in [0.15, 0.2) is 22.6 Å². The minimum atomic E-state index is -2.28. The fraction of sp³-hybridized carbons (Fsp3) is 0.250. The Bertz CT molecular complexity index is 367. The van der Waals surface area contributed by atoms with Crippen molar-refractivity contribution in [2.45, 2.75) is 4.90 Å². The van der Waals surface area contributed by atoms with Crippen molar-refractivity contribution in [3.8, 4) is 11.5 Å². The first-order valence-corrected chi connectivity index (χ1v) is 4.73. The van der Waals surface area contributed by atoms with Crippen LogP contribution in [0.4, 0.5) is 4.39 Å². The van der Waals surface area contributed by atoms with Gasteiger partial charge in [0.05, 0.1) is 14.2 Å². The Balaban J connectivity index is 3.31. The topological polar surface area (TPSA) is 55.8 Å². The summed E-state index contributed by atoms with van der Waals surface area (Å²) in [5.41, 5.74) is 0. The van der Waals surface area contributed by atoms with Gasteiger partial charge in [-0.3, -0.25) is 0 Å². The Morgan fingerprint density at radius 2 is 1.86 bits per heavy atom. The van der Waals surface area contributed by atoms with E-state index < -0.39 is 16.9 Å². The molecule has 1 aromatic carbocycles. The highest BCUT2D eigenvalue weighted by atomic mass is 32.2. The maximum absolute atomic E-state index is 13.1. The number of hydrogen-bond acceptors (Lipinski definition) is 3. The number of hydrogen-bond donors (Lipinski definition) is 1. The van der Waals surface area contributed by atoms with Crippen LogP contribution in [-0.2, 0) is 11.1 Å². The average Bonchev–Trinajstić information content (AvgIpc) is 2.17. The van der Waals surface area contributed by atoms with E-state index in [0.29, 0.717) is 0 Å². The lowest BCUT2D eigenvalue weighted by atomic mass is 10.3. The standard InChI is InChI=1S/C8H9FO4S/c1-12-6-4-7(13-2)8(14(10)11)3-5(6)9/h3-4H,1-2H3,(H,10,11). The Hall–Kier alpha value is -1.14. The van der Waals surface area contributed by atoms with Crippen molar-refractivity contribution < 1.29 is 22.6 Å². The summed E-state index contributed by atoms with van der Waals surface area (Å²) < 4.78 is 42.2. The Morgan fingerprint density at radius 1 is 1.29 bits per heavy atom. The SMILES string of the molecule is COc1cc(OC)c(S(=O)O)cc1F. The van der Waals surface area contributed by atoms with E-state index in [1.807, 2.05) is 0 Å². The first-order valence-electron chi connectivity index (χ1n) is 3.62. The summed E-state index contributed by atoms with van der Waals surface area (Å²) in [6, 6.07) is 2.13. The summed E-state index contributed by atoms with van der Waals surface area (Å²) in [6.45, 7) is 0. The molecule has 6 heteroatoms. The largest absolute Gasteiger partial charge is 0.495 e. The minimum absolute atomic E-state index is 0.0314. The van der Waals surface area contributed by atoms with Crippen LogP contribution in [0, 0.1) is 5.82 Å². The highest BCUT2D eigenvalue weighted by Gasteiger charge is 2.14. The molecule has 0 spiro atoms. The summed E-state index contributed by atoms with van der Waals surface area (Å²) >= 11 is -2.28. The normalized spacial score (nSPS) is 12.3. The predicted octanol–water partition coefficient (Wildman–Crippen LogP) is 1.42. The van der Waals surface area contributed by atoms with Crippen LogP contribution in [0.25, 0.3) is 0 Å². The van der Waals surface area contributed by atoms with Gasteiger partial charge in [-0.15, -0.1) is 0 Å². The summed E-state index contributed by atoms with van der Waals surface area (Å²) in [5, 5.41) is 0. The third-order valence-electron chi connectivity index (χ3n) is 1.63. The number of methoxy groups -OCH3 is 2. The zero-order chi connectivity index (χ0) is 10.7. The third kappa shape index (κ3) is 2.02. The van der Waals surface area contributed by atoms with Gasteiger partial charge < -0.3 is 14.0 Å². The molecule has 0 aliphatic carbocycles. The molecule has 0 aliphatic heterocycles. The van der Waals surface area contributed by atoms with Gasteiger partial charge in [0.25, 0.3) is 0 Å². The third-order valence-corrected chi connectivity index (χ3v) is 2.32. The molecule has 78 valence electrons. The molecule has 4 nitrogen and oxygen atoms in total. The second-order valence-electron chi connectivity index (χ2n) is 2.39. The zero-order valence-corrected chi connectivity index (χ0v) is 8.43. The van der Waals surface area contributed by atoms with E-state index in [4.69, 9.17) is 9.29 Å². The molecule has 1 rings (SSSR count). The Labute approximate surface area is 82.9 Å². The van der Waals surface area contributed by atoms with Crippen molar-refractivity contribution in [1.82, 2.24) is 0 Å². The van der Waals surface area contributed by atoms with Gasteiger partial charge in [0.2, 0.25) is 0 Å². The second kappa shape index (κ2) is 4.39. The van der Waals surface area contributed by atoms with Crippen molar-refractivity contribution >= 4 is 11.1 Å². The first-order chi connectivity index (χ1) is 6.60. The molecule has 1 N–H and O–H groups in total. The highest BCUT2D eigenvalue weighted by molar-refractivity contribution is 7.79. The van der Waals surface area contributed by atoms with Crippen molar-refractivity contribution in [2.75, 3.05) is 14.2 Å². The summed E-state index contributed by atoms with van der Waals surface area (Å²) in [7, 11) is 2.62. The van der Waals surface area contributed by atoms with Crippen molar-refractivity contribution in [3.63, 3.8) is 0 Å².